The molecule has 1 aliphatic heterocycles. The van der Waals surface area contributed by atoms with Crippen LogP contribution >= 0.6 is 0 Å². The Hall–Kier alpha value is -0.860. The second kappa shape index (κ2) is 4.19. The first kappa shape index (κ1) is 11.6. The van der Waals surface area contributed by atoms with E-state index >= 15 is 0 Å². The fourth-order valence-corrected chi connectivity index (χ4v) is 2.73. The Morgan fingerprint density at radius 3 is 2.69 bits per heavy atom. The standard InChI is InChI=1S/C14H21NO/c1-10-6-7-12(11(2)9-10)14(3,16)13-5-4-8-15-13/h6-7,9,13,15-16H,4-5,8H2,1-3H3. The van der Waals surface area contributed by atoms with Crippen LogP contribution in [0.15, 0.2) is 18.2 Å². The van der Waals surface area contributed by atoms with Crippen LogP contribution in [0, 0.1) is 13.8 Å². The predicted molar refractivity (Wildman–Crippen MR) is 66.5 cm³/mol. The van der Waals surface area contributed by atoms with Crippen LogP contribution in [0.4, 0.5) is 0 Å². The molecule has 1 aliphatic rings. The number of hydrogen-bond acceptors (Lipinski definition) is 2. The van der Waals surface area contributed by atoms with Crippen molar-refractivity contribution < 1.29 is 5.11 Å². The van der Waals surface area contributed by atoms with Crippen molar-refractivity contribution in [1.29, 1.82) is 0 Å². The van der Waals surface area contributed by atoms with Crippen molar-refractivity contribution in [2.24, 2.45) is 0 Å². The highest BCUT2D eigenvalue weighted by Gasteiger charge is 2.36. The minimum Gasteiger partial charge on any atom is -0.384 e. The van der Waals surface area contributed by atoms with Gasteiger partial charge in [0, 0.05) is 6.04 Å². The van der Waals surface area contributed by atoms with Crippen molar-refractivity contribution in [1.82, 2.24) is 5.32 Å². The molecule has 0 bridgehead atoms. The Morgan fingerprint density at radius 1 is 1.38 bits per heavy atom. The predicted octanol–water partition coefficient (Wildman–Crippen LogP) is 2.26. The molecule has 0 aromatic heterocycles. The third kappa shape index (κ3) is 2.00. The zero-order valence-corrected chi connectivity index (χ0v) is 10.4. The summed E-state index contributed by atoms with van der Waals surface area (Å²) in [5, 5.41) is 14.1. The van der Waals surface area contributed by atoms with Gasteiger partial charge in [0.2, 0.25) is 0 Å². The van der Waals surface area contributed by atoms with Crippen LogP contribution in [0.25, 0.3) is 0 Å². The summed E-state index contributed by atoms with van der Waals surface area (Å²) in [6.07, 6.45) is 2.21. The van der Waals surface area contributed by atoms with E-state index in [2.05, 4.69) is 37.4 Å². The molecule has 0 aliphatic carbocycles. The first-order chi connectivity index (χ1) is 7.51. The molecule has 0 spiro atoms. The smallest absolute Gasteiger partial charge is 0.102 e. The number of aryl methyl sites for hydroxylation is 2. The van der Waals surface area contributed by atoms with Crippen LogP contribution in [0.3, 0.4) is 0 Å². The molecule has 2 N–H and O–H groups in total. The minimum atomic E-state index is -0.756. The first-order valence-electron chi connectivity index (χ1n) is 6.05. The molecule has 0 radical (unpaired) electrons. The Morgan fingerprint density at radius 2 is 2.12 bits per heavy atom. The molecule has 1 aromatic rings. The van der Waals surface area contributed by atoms with Crippen LogP contribution in [0.5, 0.6) is 0 Å². The van der Waals surface area contributed by atoms with Crippen molar-refractivity contribution in [2.45, 2.75) is 45.3 Å². The van der Waals surface area contributed by atoms with Crippen molar-refractivity contribution in [3.8, 4) is 0 Å². The summed E-state index contributed by atoms with van der Waals surface area (Å²) >= 11 is 0. The lowest BCUT2D eigenvalue weighted by Gasteiger charge is -2.32. The Kier molecular flexibility index (Phi) is 3.04. The number of aliphatic hydroxyl groups is 1. The van der Waals surface area contributed by atoms with Crippen molar-refractivity contribution in [2.75, 3.05) is 6.54 Å². The Labute approximate surface area is 97.7 Å². The molecule has 1 aromatic carbocycles. The summed E-state index contributed by atoms with van der Waals surface area (Å²) in [5.41, 5.74) is 2.72. The third-order valence-electron chi connectivity index (χ3n) is 3.67. The lowest BCUT2D eigenvalue weighted by atomic mass is 9.84. The molecule has 2 unspecified atom stereocenters. The largest absolute Gasteiger partial charge is 0.384 e. The lowest BCUT2D eigenvalue weighted by molar-refractivity contribution is 0.0212. The maximum Gasteiger partial charge on any atom is 0.102 e. The first-order valence-corrected chi connectivity index (χ1v) is 6.05. The minimum absolute atomic E-state index is 0.189. The molecule has 2 nitrogen and oxygen atoms in total. The fourth-order valence-electron chi connectivity index (χ4n) is 2.73. The van der Waals surface area contributed by atoms with E-state index in [-0.39, 0.29) is 6.04 Å². The summed E-state index contributed by atoms with van der Waals surface area (Å²) in [5.74, 6) is 0. The summed E-state index contributed by atoms with van der Waals surface area (Å²) in [7, 11) is 0. The lowest BCUT2D eigenvalue weighted by Crippen LogP contribution is -2.43. The van der Waals surface area contributed by atoms with Gasteiger partial charge in [0.25, 0.3) is 0 Å². The summed E-state index contributed by atoms with van der Waals surface area (Å²) in [6.45, 7) is 7.10. The van der Waals surface area contributed by atoms with E-state index in [1.807, 2.05) is 6.92 Å². The van der Waals surface area contributed by atoms with Crippen molar-refractivity contribution in [3.63, 3.8) is 0 Å². The second-order valence-corrected chi connectivity index (χ2v) is 5.11. The molecule has 0 amide bonds. The molecule has 16 heavy (non-hydrogen) atoms. The van der Waals surface area contributed by atoms with Gasteiger partial charge in [-0.05, 0) is 51.3 Å². The molecule has 1 saturated heterocycles. The Balaban J connectivity index is 2.34. The number of rotatable bonds is 2. The number of nitrogens with one attached hydrogen (secondary N) is 1. The normalized spacial score (nSPS) is 24.4. The van der Waals surface area contributed by atoms with Gasteiger partial charge >= 0.3 is 0 Å². The summed E-state index contributed by atoms with van der Waals surface area (Å²) < 4.78 is 0. The van der Waals surface area contributed by atoms with Gasteiger partial charge in [0.05, 0.1) is 0 Å². The van der Waals surface area contributed by atoms with Crippen LogP contribution in [0.1, 0.15) is 36.5 Å². The highest BCUT2D eigenvalue weighted by Crippen LogP contribution is 2.31. The zero-order chi connectivity index (χ0) is 11.8. The highest BCUT2D eigenvalue weighted by atomic mass is 16.3. The average molecular weight is 219 g/mol. The van der Waals surface area contributed by atoms with E-state index in [1.165, 1.54) is 11.1 Å². The summed E-state index contributed by atoms with van der Waals surface area (Å²) in [6, 6.07) is 6.46. The van der Waals surface area contributed by atoms with Gasteiger partial charge in [0.1, 0.15) is 5.60 Å². The van der Waals surface area contributed by atoms with E-state index in [4.69, 9.17) is 0 Å². The second-order valence-electron chi connectivity index (χ2n) is 5.11. The molecular weight excluding hydrogens is 198 g/mol. The van der Waals surface area contributed by atoms with E-state index in [9.17, 15) is 5.11 Å². The molecule has 1 fully saturated rings. The van der Waals surface area contributed by atoms with Gasteiger partial charge < -0.3 is 10.4 Å². The highest BCUT2D eigenvalue weighted by molar-refractivity contribution is 5.35. The van der Waals surface area contributed by atoms with Crippen molar-refractivity contribution >= 4 is 0 Å². The van der Waals surface area contributed by atoms with Crippen molar-refractivity contribution in [3.05, 3.63) is 34.9 Å². The maximum absolute atomic E-state index is 10.7. The van der Waals surface area contributed by atoms with Crippen LogP contribution < -0.4 is 5.32 Å². The van der Waals surface area contributed by atoms with Crippen LogP contribution in [0.2, 0.25) is 0 Å². The molecular formula is C14H21NO. The maximum atomic E-state index is 10.7. The van der Waals surface area contributed by atoms with Gasteiger partial charge in [-0.15, -0.1) is 0 Å². The third-order valence-corrected chi connectivity index (χ3v) is 3.67. The Bertz CT molecular complexity index is 378. The number of hydrogen-bond donors (Lipinski definition) is 2. The monoisotopic (exact) mass is 219 g/mol. The van der Waals surface area contributed by atoms with Gasteiger partial charge in [0.15, 0.2) is 0 Å². The molecule has 1 heterocycles. The molecule has 0 saturated carbocycles. The van der Waals surface area contributed by atoms with E-state index in [0.717, 1.165) is 24.9 Å². The van der Waals surface area contributed by atoms with E-state index in [1.54, 1.807) is 0 Å². The fraction of sp³-hybridized carbons (Fsp3) is 0.571. The molecule has 2 heteroatoms. The molecule has 2 rings (SSSR count). The van der Waals surface area contributed by atoms with Crippen LogP contribution in [-0.4, -0.2) is 17.7 Å². The number of benzene rings is 1. The average Bonchev–Trinajstić information content (AvgIpc) is 2.69. The van der Waals surface area contributed by atoms with Gasteiger partial charge in [-0.25, -0.2) is 0 Å². The topological polar surface area (TPSA) is 32.3 Å². The van der Waals surface area contributed by atoms with Gasteiger partial charge in [-0.1, -0.05) is 23.8 Å². The van der Waals surface area contributed by atoms with E-state index < -0.39 is 5.60 Å². The molecule has 2 atom stereocenters. The van der Waals surface area contributed by atoms with Crippen LogP contribution in [-0.2, 0) is 5.60 Å². The van der Waals surface area contributed by atoms with E-state index in [0.29, 0.717) is 0 Å². The molecule has 88 valence electrons. The SMILES string of the molecule is Cc1ccc(C(C)(O)C2CCCN2)c(C)c1. The summed E-state index contributed by atoms with van der Waals surface area (Å²) in [4.78, 5) is 0. The van der Waals surface area contributed by atoms with Gasteiger partial charge in [-0.2, -0.15) is 0 Å². The quantitative estimate of drug-likeness (QED) is 0.799. The zero-order valence-electron chi connectivity index (χ0n) is 10.4. The van der Waals surface area contributed by atoms with Gasteiger partial charge in [-0.3, -0.25) is 0 Å².